The van der Waals surface area contributed by atoms with Gasteiger partial charge in [-0.25, -0.2) is 0 Å². The summed E-state index contributed by atoms with van der Waals surface area (Å²) < 4.78 is 6.15. The second kappa shape index (κ2) is 8.61. The summed E-state index contributed by atoms with van der Waals surface area (Å²) in [4.78, 5) is 16.0. The van der Waals surface area contributed by atoms with Gasteiger partial charge < -0.3 is 9.64 Å². The number of hydrogen-bond acceptors (Lipinski definition) is 5. The van der Waals surface area contributed by atoms with Gasteiger partial charge in [-0.05, 0) is 24.0 Å². The molecule has 0 spiro atoms. The second-order valence-corrected chi connectivity index (χ2v) is 8.08. The molecule has 1 aliphatic heterocycles. The lowest BCUT2D eigenvalue weighted by Crippen LogP contribution is -2.42. The Morgan fingerprint density at radius 3 is 2.71 bits per heavy atom. The molecule has 0 saturated carbocycles. The van der Waals surface area contributed by atoms with Gasteiger partial charge in [-0.15, -0.1) is 16.9 Å². The Kier molecular flexibility index (Phi) is 5.76. The van der Waals surface area contributed by atoms with Crippen molar-refractivity contribution < 1.29 is 9.53 Å². The van der Waals surface area contributed by atoms with E-state index in [1.165, 1.54) is 0 Å². The normalized spacial score (nSPS) is 15.0. The minimum absolute atomic E-state index is 0.0458. The topological polar surface area (TPSA) is 55.3 Å². The summed E-state index contributed by atoms with van der Waals surface area (Å²) in [6.45, 7) is 3.48. The lowest BCUT2D eigenvalue weighted by molar-refractivity contribution is 0.0586. The number of piperidine rings is 1. The summed E-state index contributed by atoms with van der Waals surface area (Å²) in [5.41, 5.74) is 0.800. The van der Waals surface area contributed by atoms with E-state index in [2.05, 4.69) is 17.1 Å². The minimum Gasteiger partial charge on any atom is -0.473 e. The van der Waals surface area contributed by atoms with Crippen molar-refractivity contribution in [1.82, 2.24) is 15.1 Å². The summed E-state index contributed by atoms with van der Waals surface area (Å²) in [6.07, 6.45) is 3.37. The van der Waals surface area contributed by atoms with Gasteiger partial charge in [-0.2, -0.15) is 5.10 Å². The summed E-state index contributed by atoms with van der Waals surface area (Å²) in [5, 5.41) is 10.2. The smallest absolute Gasteiger partial charge is 0.254 e. The number of benzene rings is 2. The molecule has 0 atom stereocenters. The highest BCUT2D eigenvalue weighted by molar-refractivity contribution is 7.99. The van der Waals surface area contributed by atoms with Crippen molar-refractivity contribution in [3.8, 4) is 5.88 Å². The van der Waals surface area contributed by atoms with Gasteiger partial charge in [0, 0.05) is 41.6 Å². The Bertz CT molecular complexity index is 965. The second-order valence-electron chi connectivity index (χ2n) is 6.78. The third-order valence-corrected chi connectivity index (χ3v) is 5.92. The fourth-order valence-corrected chi connectivity index (χ4v) is 4.32. The predicted molar refractivity (Wildman–Crippen MR) is 112 cm³/mol. The van der Waals surface area contributed by atoms with Crippen LogP contribution >= 0.6 is 11.8 Å². The van der Waals surface area contributed by atoms with E-state index in [0.29, 0.717) is 19.0 Å². The molecule has 0 aliphatic carbocycles. The van der Waals surface area contributed by atoms with Crippen LogP contribution < -0.4 is 4.74 Å². The Labute approximate surface area is 169 Å². The number of rotatable bonds is 5. The molecular weight excluding hydrogens is 370 g/mol. The molecule has 1 amide bonds. The Morgan fingerprint density at radius 2 is 1.89 bits per heavy atom. The molecule has 2 heterocycles. The van der Waals surface area contributed by atoms with E-state index in [-0.39, 0.29) is 12.0 Å². The average Bonchev–Trinajstić information content (AvgIpc) is 2.75. The zero-order valence-corrected chi connectivity index (χ0v) is 16.7. The summed E-state index contributed by atoms with van der Waals surface area (Å²) in [6, 6.07) is 15.8. The molecule has 1 fully saturated rings. The molecule has 144 valence electrons. The molecule has 3 aromatic rings. The van der Waals surface area contributed by atoms with Crippen LogP contribution in [0.4, 0.5) is 0 Å². The van der Waals surface area contributed by atoms with Crippen LogP contribution in [-0.2, 0) is 0 Å². The molecule has 1 saturated heterocycles. The zero-order chi connectivity index (χ0) is 19.3. The van der Waals surface area contributed by atoms with E-state index in [4.69, 9.17) is 4.74 Å². The van der Waals surface area contributed by atoms with E-state index in [9.17, 15) is 4.79 Å². The third kappa shape index (κ3) is 3.97. The standard InChI is InChI=1S/C22H23N3O2S/c1-2-28-20-10-6-5-9-19(20)22(26)25-13-11-17(12-14-25)27-21-18-8-4-3-7-16(18)15-23-24-21/h3-10,15,17H,2,11-14H2,1H3. The van der Waals surface area contributed by atoms with Crippen molar-refractivity contribution in [2.75, 3.05) is 18.8 Å². The highest BCUT2D eigenvalue weighted by Crippen LogP contribution is 2.27. The highest BCUT2D eigenvalue weighted by Gasteiger charge is 2.26. The van der Waals surface area contributed by atoms with Gasteiger partial charge in [-0.3, -0.25) is 4.79 Å². The number of carbonyl (C=O) groups is 1. The molecule has 1 aliphatic rings. The van der Waals surface area contributed by atoms with Crippen molar-refractivity contribution >= 4 is 28.4 Å². The lowest BCUT2D eigenvalue weighted by Gasteiger charge is -2.32. The number of carbonyl (C=O) groups excluding carboxylic acids is 1. The molecule has 0 N–H and O–H groups in total. The maximum absolute atomic E-state index is 13.0. The summed E-state index contributed by atoms with van der Waals surface area (Å²) >= 11 is 1.71. The van der Waals surface area contributed by atoms with Crippen molar-refractivity contribution in [3.63, 3.8) is 0 Å². The van der Waals surface area contributed by atoms with Gasteiger partial charge in [0.1, 0.15) is 6.10 Å². The first-order valence-corrected chi connectivity index (χ1v) is 10.6. The van der Waals surface area contributed by atoms with Crippen LogP contribution in [0.1, 0.15) is 30.1 Å². The van der Waals surface area contributed by atoms with Crippen LogP contribution in [0, 0.1) is 0 Å². The number of hydrogen-bond donors (Lipinski definition) is 0. The van der Waals surface area contributed by atoms with Crippen molar-refractivity contribution in [2.45, 2.75) is 30.8 Å². The molecule has 6 heteroatoms. The van der Waals surface area contributed by atoms with Gasteiger partial charge in [0.2, 0.25) is 5.88 Å². The molecule has 1 aromatic heterocycles. The first-order valence-electron chi connectivity index (χ1n) is 9.64. The minimum atomic E-state index is 0.0458. The van der Waals surface area contributed by atoms with E-state index < -0.39 is 0 Å². The molecule has 4 rings (SSSR count). The number of fused-ring (bicyclic) bond motifs is 1. The molecule has 28 heavy (non-hydrogen) atoms. The molecule has 0 unspecified atom stereocenters. The van der Waals surface area contributed by atoms with Crippen LogP contribution in [0.3, 0.4) is 0 Å². The highest BCUT2D eigenvalue weighted by atomic mass is 32.2. The van der Waals surface area contributed by atoms with Gasteiger partial charge in [-0.1, -0.05) is 37.3 Å². The number of aromatic nitrogens is 2. The number of thioether (sulfide) groups is 1. The third-order valence-electron chi connectivity index (χ3n) is 4.96. The fraction of sp³-hybridized carbons (Fsp3) is 0.318. The summed E-state index contributed by atoms with van der Waals surface area (Å²) in [5.74, 6) is 1.64. The number of likely N-dealkylation sites (tertiary alicyclic amines) is 1. The van der Waals surface area contributed by atoms with Crippen LogP contribution in [0.5, 0.6) is 5.88 Å². The SMILES string of the molecule is CCSc1ccccc1C(=O)N1CCC(Oc2nncc3ccccc23)CC1. The first kappa shape index (κ1) is 18.7. The summed E-state index contributed by atoms with van der Waals surface area (Å²) in [7, 11) is 0. The van der Waals surface area contributed by atoms with Crippen LogP contribution in [-0.4, -0.2) is 46.0 Å². The Hall–Kier alpha value is -2.60. The monoisotopic (exact) mass is 393 g/mol. The van der Waals surface area contributed by atoms with Gasteiger partial charge >= 0.3 is 0 Å². The Balaban J connectivity index is 1.41. The van der Waals surface area contributed by atoms with Crippen molar-refractivity contribution in [3.05, 3.63) is 60.3 Å². The van der Waals surface area contributed by atoms with Gasteiger partial charge in [0.05, 0.1) is 11.8 Å². The molecule has 2 aromatic carbocycles. The number of nitrogens with zero attached hydrogens (tertiary/aromatic N) is 3. The van der Waals surface area contributed by atoms with Gasteiger partial charge in [0.25, 0.3) is 5.91 Å². The van der Waals surface area contributed by atoms with E-state index in [1.807, 2.05) is 53.4 Å². The number of ether oxygens (including phenoxy) is 1. The van der Waals surface area contributed by atoms with Crippen LogP contribution in [0.15, 0.2) is 59.6 Å². The van der Waals surface area contributed by atoms with Crippen molar-refractivity contribution in [2.24, 2.45) is 0 Å². The van der Waals surface area contributed by atoms with Gasteiger partial charge in [0.15, 0.2) is 0 Å². The number of amides is 1. The van der Waals surface area contributed by atoms with E-state index >= 15 is 0 Å². The van der Waals surface area contributed by atoms with E-state index in [1.54, 1.807) is 18.0 Å². The quantitative estimate of drug-likeness (QED) is 0.601. The first-order chi connectivity index (χ1) is 13.8. The largest absolute Gasteiger partial charge is 0.473 e. The van der Waals surface area contributed by atoms with Crippen LogP contribution in [0.2, 0.25) is 0 Å². The Morgan fingerprint density at radius 1 is 1.14 bits per heavy atom. The maximum Gasteiger partial charge on any atom is 0.254 e. The van der Waals surface area contributed by atoms with Crippen LogP contribution in [0.25, 0.3) is 10.8 Å². The maximum atomic E-state index is 13.0. The molecule has 5 nitrogen and oxygen atoms in total. The van der Waals surface area contributed by atoms with Crippen molar-refractivity contribution in [1.29, 1.82) is 0 Å². The molecule has 0 bridgehead atoms. The predicted octanol–water partition coefficient (Wildman–Crippen LogP) is 4.43. The molecule has 0 radical (unpaired) electrons. The lowest BCUT2D eigenvalue weighted by atomic mass is 10.1. The molecular formula is C22H23N3O2S. The van der Waals surface area contributed by atoms with E-state index in [0.717, 1.165) is 39.8 Å². The average molecular weight is 394 g/mol. The fourth-order valence-electron chi connectivity index (χ4n) is 3.52. The zero-order valence-electron chi connectivity index (χ0n) is 15.9.